The quantitative estimate of drug-likeness (QED) is 0.652. The predicted octanol–water partition coefficient (Wildman–Crippen LogP) is 4.22. The van der Waals surface area contributed by atoms with Crippen molar-refractivity contribution < 1.29 is 14.3 Å². The third kappa shape index (κ3) is 4.83. The van der Waals surface area contributed by atoms with E-state index in [1.165, 1.54) is 18.4 Å². The molecule has 0 spiro atoms. The van der Waals surface area contributed by atoms with Gasteiger partial charge in [-0.1, -0.05) is 19.1 Å². The normalized spacial score (nSPS) is 17.7. The molecule has 1 saturated carbocycles. The summed E-state index contributed by atoms with van der Waals surface area (Å²) in [5, 5.41) is 0. The molecule has 2 fully saturated rings. The number of benzene rings is 1. The molecule has 5 nitrogen and oxygen atoms in total. The summed E-state index contributed by atoms with van der Waals surface area (Å²) in [7, 11) is 0. The Bertz CT molecular complexity index is 794. The fraction of sp³-hybridized carbons (Fsp3) is 0.478. The lowest BCUT2D eigenvalue weighted by molar-refractivity contribution is -0.117. The van der Waals surface area contributed by atoms with E-state index in [-0.39, 0.29) is 17.8 Å². The summed E-state index contributed by atoms with van der Waals surface area (Å²) in [4.78, 5) is 17.9. The van der Waals surface area contributed by atoms with Gasteiger partial charge in [0.25, 0.3) is 0 Å². The highest BCUT2D eigenvalue weighted by atomic mass is 16.5. The van der Waals surface area contributed by atoms with E-state index in [0.717, 1.165) is 37.1 Å². The summed E-state index contributed by atoms with van der Waals surface area (Å²) in [6.45, 7) is 6.22. The molecule has 1 aliphatic carbocycles. The SMILES string of the molecule is CC(=O)C[C@@H](C)c1ccc(OC2CN(c3ccc(OCC4CC4)nc3)C2)cc1. The molecule has 0 amide bonds. The van der Waals surface area contributed by atoms with Crippen molar-refractivity contribution in [1.29, 1.82) is 0 Å². The van der Waals surface area contributed by atoms with Gasteiger partial charge in [0.2, 0.25) is 5.88 Å². The van der Waals surface area contributed by atoms with Crippen molar-refractivity contribution in [2.75, 3.05) is 24.6 Å². The zero-order chi connectivity index (χ0) is 19.5. The first-order chi connectivity index (χ1) is 13.6. The van der Waals surface area contributed by atoms with Gasteiger partial charge >= 0.3 is 0 Å². The monoisotopic (exact) mass is 380 g/mol. The Kier molecular flexibility index (Phi) is 5.51. The number of carbonyl (C=O) groups is 1. The zero-order valence-electron chi connectivity index (χ0n) is 16.6. The molecule has 0 N–H and O–H groups in total. The number of aromatic nitrogens is 1. The summed E-state index contributed by atoms with van der Waals surface area (Å²) in [5.74, 6) is 2.79. The summed E-state index contributed by atoms with van der Waals surface area (Å²) in [5.41, 5.74) is 2.28. The highest BCUT2D eigenvalue weighted by molar-refractivity contribution is 5.76. The maximum Gasteiger partial charge on any atom is 0.213 e. The van der Waals surface area contributed by atoms with Crippen molar-refractivity contribution in [1.82, 2.24) is 4.98 Å². The minimum absolute atomic E-state index is 0.186. The van der Waals surface area contributed by atoms with Gasteiger partial charge in [-0.15, -0.1) is 0 Å². The zero-order valence-corrected chi connectivity index (χ0v) is 16.6. The molecule has 0 unspecified atom stereocenters. The van der Waals surface area contributed by atoms with E-state index in [1.807, 2.05) is 24.4 Å². The predicted molar refractivity (Wildman–Crippen MR) is 109 cm³/mol. The molecule has 1 atom stereocenters. The number of pyridine rings is 1. The number of ketones is 1. The summed E-state index contributed by atoms with van der Waals surface area (Å²) in [6, 6.07) is 12.1. The molecular formula is C23H28N2O3. The summed E-state index contributed by atoms with van der Waals surface area (Å²) in [6.07, 6.45) is 5.21. The fourth-order valence-electron chi connectivity index (χ4n) is 3.47. The summed E-state index contributed by atoms with van der Waals surface area (Å²) >= 11 is 0. The Balaban J connectivity index is 1.23. The van der Waals surface area contributed by atoms with Crippen LogP contribution in [-0.4, -0.2) is 36.6 Å². The van der Waals surface area contributed by atoms with Crippen LogP contribution in [0, 0.1) is 5.92 Å². The molecule has 148 valence electrons. The lowest BCUT2D eigenvalue weighted by Crippen LogP contribution is -2.54. The lowest BCUT2D eigenvalue weighted by atomic mass is 9.96. The van der Waals surface area contributed by atoms with Crippen LogP contribution in [0.1, 0.15) is 44.6 Å². The maximum atomic E-state index is 11.3. The first-order valence-electron chi connectivity index (χ1n) is 10.2. The van der Waals surface area contributed by atoms with Crippen molar-refractivity contribution in [3.05, 3.63) is 48.2 Å². The minimum atomic E-state index is 0.186. The standard InChI is InChI=1S/C23H28N2O3/c1-16(11-17(2)26)19-5-8-21(9-6-19)28-22-13-25(14-22)20-7-10-23(24-12-20)27-15-18-3-4-18/h5-10,12,16,18,22H,3-4,11,13-15H2,1-2H3/t16-/m1/s1. The molecule has 5 heteroatoms. The molecule has 2 heterocycles. The van der Waals surface area contributed by atoms with Crippen LogP contribution in [0.3, 0.4) is 0 Å². The molecule has 0 radical (unpaired) electrons. The van der Waals surface area contributed by atoms with E-state index in [0.29, 0.717) is 12.3 Å². The molecule has 4 rings (SSSR count). The molecule has 1 aliphatic heterocycles. The summed E-state index contributed by atoms with van der Waals surface area (Å²) < 4.78 is 11.8. The van der Waals surface area contributed by atoms with Crippen molar-refractivity contribution >= 4 is 11.5 Å². The highest BCUT2D eigenvalue weighted by Gasteiger charge is 2.29. The second-order valence-electron chi connectivity index (χ2n) is 8.13. The van der Waals surface area contributed by atoms with E-state index >= 15 is 0 Å². The highest BCUT2D eigenvalue weighted by Crippen LogP contribution is 2.30. The van der Waals surface area contributed by atoms with Crippen LogP contribution in [0.4, 0.5) is 5.69 Å². The molecule has 2 aromatic rings. The molecule has 1 aromatic heterocycles. The average molecular weight is 380 g/mol. The molecule has 0 bridgehead atoms. The van der Waals surface area contributed by atoms with Crippen LogP contribution < -0.4 is 14.4 Å². The average Bonchev–Trinajstić information content (AvgIpc) is 3.48. The number of anilines is 1. The number of hydrogen-bond acceptors (Lipinski definition) is 5. The van der Waals surface area contributed by atoms with E-state index < -0.39 is 0 Å². The van der Waals surface area contributed by atoms with Crippen LogP contribution in [0.2, 0.25) is 0 Å². The minimum Gasteiger partial charge on any atom is -0.487 e. The molecule has 1 saturated heterocycles. The Morgan fingerprint density at radius 2 is 1.93 bits per heavy atom. The Morgan fingerprint density at radius 1 is 1.18 bits per heavy atom. The van der Waals surface area contributed by atoms with E-state index in [2.05, 4.69) is 35.0 Å². The second-order valence-corrected chi connectivity index (χ2v) is 8.13. The van der Waals surface area contributed by atoms with Gasteiger partial charge in [0.1, 0.15) is 17.6 Å². The molecular weight excluding hydrogens is 352 g/mol. The second kappa shape index (κ2) is 8.21. The van der Waals surface area contributed by atoms with Gasteiger partial charge in [-0.05, 0) is 55.4 Å². The molecule has 1 aromatic carbocycles. The van der Waals surface area contributed by atoms with Crippen LogP contribution in [0.25, 0.3) is 0 Å². The van der Waals surface area contributed by atoms with Gasteiger partial charge in [0.05, 0.1) is 31.6 Å². The van der Waals surface area contributed by atoms with E-state index in [9.17, 15) is 4.79 Å². The number of nitrogens with zero attached hydrogens (tertiary/aromatic N) is 2. The third-order valence-electron chi connectivity index (χ3n) is 5.44. The molecule has 28 heavy (non-hydrogen) atoms. The van der Waals surface area contributed by atoms with E-state index in [1.54, 1.807) is 6.92 Å². The fourth-order valence-corrected chi connectivity index (χ4v) is 3.47. The van der Waals surface area contributed by atoms with Gasteiger partial charge in [-0.25, -0.2) is 4.98 Å². The van der Waals surface area contributed by atoms with Crippen molar-refractivity contribution in [2.24, 2.45) is 5.92 Å². The smallest absolute Gasteiger partial charge is 0.213 e. The molecule has 2 aliphatic rings. The van der Waals surface area contributed by atoms with Crippen molar-refractivity contribution in [2.45, 2.75) is 45.1 Å². The van der Waals surface area contributed by atoms with Crippen LogP contribution in [-0.2, 0) is 4.79 Å². The number of rotatable bonds is 9. The van der Waals surface area contributed by atoms with Crippen LogP contribution in [0.15, 0.2) is 42.6 Å². The van der Waals surface area contributed by atoms with Gasteiger partial charge in [0.15, 0.2) is 0 Å². The number of Topliss-reactive ketones (excluding diaryl/α,β-unsaturated/α-hetero) is 1. The Hall–Kier alpha value is -2.56. The third-order valence-corrected chi connectivity index (χ3v) is 5.44. The number of carbonyl (C=O) groups excluding carboxylic acids is 1. The Labute approximate surface area is 166 Å². The largest absolute Gasteiger partial charge is 0.487 e. The van der Waals surface area contributed by atoms with Crippen molar-refractivity contribution in [3.8, 4) is 11.6 Å². The maximum absolute atomic E-state index is 11.3. The van der Waals surface area contributed by atoms with Gasteiger partial charge in [0, 0.05) is 12.5 Å². The first-order valence-corrected chi connectivity index (χ1v) is 10.2. The van der Waals surface area contributed by atoms with Crippen LogP contribution in [0.5, 0.6) is 11.6 Å². The first kappa shape index (κ1) is 18.8. The van der Waals surface area contributed by atoms with Gasteiger partial charge in [-0.3, -0.25) is 0 Å². The van der Waals surface area contributed by atoms with E-state index in [4.69, 9.17) is 9.47 Å². The number of hydrogen-bond donors (Lipinski definition) is 0. The Morgan fingerprint density at radius 3 is 2.54 bits per heavy atom. The number of ether oxygens (including phenoxy) is 2. The van der Waals surface area contributed by atoms with Crippen molar-refractivity contribution in [3.63, 3.8) is 0 Å². The van der Waals surface area contributed by atoms with Gasteiger partial charge in [-0.2, -0.15) is 0 Å². The van der Waals surface area contributed by atoms with Crippen LogP contribution >= 0.6 is 0 Å². The topological polar surface area (TPSA) is 51.7 Å². The lowest BCUT2D eigenvalue weighted by Gasteiger charge is -2.40. The van der Waals surface area contributed by atoms with Gasteiger partial charge < -0.3 is 19.2 Å².